The minimum Gasteiger partial charge on any atom is -0.496 e. The SMILES string of the molecule is COc1ccccc1C1CNCCN1C(=O)CN(C)C(C)C. The van der Waals surface area contributed by atoms with Crippen molar-refractivity contribution in [2.24, 2.45) is 0 Å². The summed E-state index contributed by atoms with van der Waals surface area (Å²) in [5.74, 6) is 1.01. The van der Waals surface area contributed by atoms with Crippen LogP contribution in [0.25, 0.3) is 0 Å². The summed E-state index contributed by atoms with van der Waals surface area (Å²) in [6, 6.07) is 8.33. The lowest BCUT2D eigenvalue weighted by Crippen LogP contribution is -2.51. The van der Waals surface area contributed by atoms with Gasteiger partial charge in [-0.15, -0.1) is 0 Å². The molecule has 1 heterocycles. The normalized spacial score (nSPS) is 18.8. The number of likely N-dealkylation sites (N-methyl/N-ethyl adjacent to an activating group) is 1. The molecule has 1 unspecified atom stereocenters. The third-order valence-electron chi connectivity index (χ3n) is 4.33. The van der Waals surface area contributed by atoms with Crippen LogP contribution in [0.5, 0.6) is 5.75 Å². The fourth-order valence-corrected chi connectivity index (χ4v) is 2.71. The van der Waals surface area contributed by atoms with Gasteiger partial charge in [0.15, 0.2) is 0 Å². The number of hydrogen-bond acceptors (Lipinski definition) is 4. The highest BCUT2D eigenvalue weighted by molar-refractivity contribution is 5.79. The van der Waals surface area contributed by atoms with Gasteiger partial charge in [-0.25, -0.2) is 0 Å². The monoisotopic (exact) mass is 305 g/mol. The van der Waals surface area contributed by atoms with Crippen LogP contribution in [0.1, 0.15) is 25.5 Å². The van der Waals surface area contributed by atoms with Gasteiger partial charge in [0.25, 0.3) is 0 Å². The number of piperazine rings is 1. The van der Waals surface area contributed by atoms with Crippen LogP contribution in [0.15, 0.2) is 24.3 Å². The van der Waals surface area contributed by atoms with Crippen LogP contribution in [0.3, 0.4) is 0 Å². The Morgan fingerprint density at radius 3 is 2.86 bits per heavy atom. The van der Waals surface area contributed by atoms with Gasteiger partial charge in [-0.2, -0.15) is 0 Å². The number of nitrogens with one attached hydrogen (secondary N) is 1. The first-order valence-electron chi connectivity index (χ1n) is 7.88. The third kappa shape index (κ3) is 3.78. The molecule has 1 aliphatic rings. The van der Waals surface area contributed by atoms with E-state index in [2.05, 4.69) is 24.1 Å². The molecule has 1 aromatic carbocycles. The van der Waals surface area contributed by atoms with Gasteiger partial charge in [0, 0.05) is 31.2 Å². The number of rotatable bonds is 5. The summed E-state index contributed by atoms with van der Waals surface area (Å²) in [6.07, 6.45) is 0. The number of benzene rings is 1. The van der Waals surface area contributed by atoms with Crippen LogP contribution in [-0.2, 0) is 4.79 Å². The zero-order chi connectivity index (χ0) is 16.1. The molecule has 1 fully saturated rings. The second-order valence-corrected chi connectivity index (χ2v) is 6.06. The lowest BCUT2D eigenvalue weighted by Gasteiger charge is -2.38. The summed E-state index contributed by atoms with van der Waals surface area (Å²) >= 11 is 0. The van der Waals surface area contributed by atoms with E-state index in [0.717, 1.165) is 30.9 Å². The van der Waals surface area contributed by atoms with Crippen molar-refractivity contribution in [1.29, 1.82) is 0 Å². The molecular weight excluding hydrogens is 278 g/mol. The Morgan fingerprint density at radius 2 is 2.18 bits per heavy atom. The number of para-hydroxylation sites is 1. The Balaban J connectivity index is 2.19. The zero-order valence-electron chi connectivity index (χ0n) is 14.0. The van der Waals surface area contributed by atoms with Crippen molar-refractivity contribution in [2.75, 3.05) is 40.3 Å². The predicted octanol–water partition coefficient (Wildman–Crippen LogP) is 1.51. The topological polar surface area (TPSA) is 44.8 Å². The van der Waals surface area contributed by atoms with E-state index in [1.165, 1.54) is 0 Å². The first-order valence-corrected chi connectivity index (χ1v) is 7.88. The molecule has 5 heteroatoms. The average molecular weight is 305 g/mol. The number of carbonyl (C=O) groups excluding carboxylic acids is 1. The lowest BCUT2D eigenvalue weighted by atomic mass is 10.0. The lowest BCUT2D eigenvalue weighted by molar-refractivity contribution is -0.135. The van der Waals surface area contributed by atoms with Crippen molar-refractivity contribution in [3.05, 3.63) is 29.8 Å². The minimum absolute atomic E-state index is 0.0259. The molecule has 0 radical (unpaired) electrons. The van der Waals surface area contributed by atoms with E-state index in [4.69, 9.17) is 4.74 Å². The summed E-state index contributed by atoms with van der Waals surface area (Å²) in [7, 11) is 3.66. The fraction of sp³-hybridized carbons (Fsp3) is 0.588. The average Bonchev–Trinajstić information content (AvgIpc) is 2.54. The highest BCUT2D eigenvalue weighted by Gasteiger charge is 2.30. The van der Waals surface area contributed by atoms with Crippen molar-refractivity contribution in [3.63, 3.8) is 0 Å². The van der Waals surface area contributed by atoms with Crippen molar-refractivity contribution in [2.45, 2.75) is 25.9 Å². The summed E-state index contributed by atoms with van der Waals surface area (Å²) in [4.78, 5) is 16.8. The fourth-order valence-electron chi connectivity index (χ4n) is 2.71. The smallest absolute Gasteiger partial charge is 0.237 e. The molecule has 1 aliphatic heterocycles. The molecular formula is C17H27N3O2. The standard InChI is InChI=1S/C17H27N3O2/c1-13(2)19(3)12-17(21)20-10-9-18-11-15(20)14-7-5-6-8-16(14)22-4/h5-8,13,15,18H,9-12H2,1-4H3. The zero-order valence-corrected chi connectivity index (χ0v) is 14.0. The molecule has 0 aliphatic carbocycles. The Hall–Kier alpha value is -1.59. The highest BCUT2D eigenvalue weighted by Crippen LogP contribution is 2.30. The third-order valence-corrected chi connectivity index (χ3v) is 4.33. The van der Waals surface area contributed by atoms with Crippen LogP contribution in [0.4, 0.5) is 0 Å². The van der Waals surface area contributed by atoms with Crippen LogP contribution in [0.2, 0.25) is 0 Å². The largest absolute Gasteiger partial charge is 0.496 e. The molecule has 0 saturated carbocycles. The molecule has 0 spiro atoms. The van der Waals surface area contributed by atoms with Gasteiger partial charge in [0.05, 0.1) is 19.7 Å². The van der Waals surface area contributed by atoms with Crippen molar-refractivity contribution >= 4 is 5.91 Å². The number of carbonyl (C=O) groups is 1. The maximum Gasteiger partial charge on any atom is 0.237 e. The van der Waals surface area contributed by atoms with E-state index < -0.39 is 0 Å². The Morgan fingerprint density at radius 1 is 1.45 bits per heavy atom. The second-order valence-electron chi connectivity index (χ2n) is 6.06. The molecule has 5 nitrogen and oxygen atoms in total. The molecule has 1 aromatic rings. The Bertz CT molecular complexity index is 504. The molecule has 1 N–H and O–H groups in total. The van der Waals surface area contributed by atoms with Crippen LogP contribution < -0.4 is 10.1 Å². The van der Waals surface area contributed by atoms with Gasteiger partial charge in [-0.3, -0.25) is 9.69 Å². The van der Waals surface area contributed by atoms with Crippen molar-refractivity contribution in [3.8, 4) is 5.75 Å². The maximum absolute atomic E-state index is 12.7. The predicted molar refractivity (Wildman–Crippen MR) is 88.1 cm³/mol. The summed E-state index contributed by atoms with van der Waals surface area (Å²) in [5.41, 5.74) is 1.07. The number of nitrogens with zero attached hydrogens (tertiary/aromatic N) is 2. The van der Waals surface area contributed by atoms with E-state index in [0.29, 0.717) is 12.6 Å². The molecule has 1 amide bonds. The van der Waals surface area contributed by atoms with E-state index in [9.17, 15) is 4.79 Å². The molecule has 0 aromatic heterocycles. The minimum atomic E-state index is 0.0259. The maximum atomic E-state index is 12.7. The first-order chi connectivity index (χ1) is 10.5. The highest BCUT2D eigenvalue weighted by atomic mass is 16.5. The quantitative estimate of drug-likeness (QED) is 0.895. The second kappa shape index (κ2) is 7.61. The molecule has 22 heavy (non-hydrogen) atoms. The number of amides is 1. The van der Waals surface area contributed by atoms with E-state index in [1.54, 1.807) is 7.11 Å². The van der Waals surface area contributed by atoms with Gasteiger partial charge in [-0.05, 0) is 27.0 Å². The summed E-state index contributed by atoms with van der Waals surface area (Å²) < 4.78 is 5.47. The number of methoxy groups -OCH3 is 1. The first kappa shape index (κ1) is 16.8. The summed E-state index contributed by atoms with van der Waals surface area (Å²) in [6.45, 7) is 6.97. The van der Waals surface area contributed by atoms with Gasteiger partial charge < -0.3 is 15.0 Å². The van der Waals surface area contributed by atoms with Gasteiger partial charge in [-0.1, -0.05) is 18.2 Å². The summed E-state index contributed by atoms with van der Waals surface area (Å²) in [5, 5.41) is 3.38. The van der Waals surface area contributed by atoms with Crippen LogP contribution in [0, 0.1) is 0 Å². The van der Waals surface area contributed by atoms with Crippen LogP contribution >= 0.6 is 0 Å². The van der Waals surface area contributed by atoms with E-state index in [-0.39, 0.29) is 11.9 Å². The number of ether oxygens (including phenoxy) is 1. The Labute approximate surface area is 133 Å². The van der Waals surface area contributed by atoms with E-state index >= 15 is 0 Å². The molecule has 122 valence electrons. The molecule has 1 saturated heterocycles. The van der Waals surface area contributed by atoms with Crippen molar-refractivity contribution in [1.82, 2.24) is 15.1 Å². The Kier molecular flexibility index (Phi) is 5.80. The molecule has 0 bridgehead atoms. The van der Waals surface area contributed by atoms with E-state index in [1.807, 2.05) is 36.2 Å². The molecule has 2 rings (SSSR count). The number of hydrogen-bond donors (Lipinski definition) is 1. The molecule has 1 atom stereocenters. The van der Waals surface area contributed by atoms with Gasteiger partial charge in [0.1, 0.15) is 5.75 Å². The van der Waals surface area contributed by atoms with Crippen LogP contribution in [-0.4, -0.2) is 62.1 Å². The van der Waals surface area contributed by atoms with Gasteiger partial charge >= 0.3 is 0 Å². The van der Waals surface area contributed by atoms with Gasteiger partial charge in [0.2, 0.25) is 5.91 Å². The van der Waals surface area contributed by atoms with Crippen molar-refractivity contribution < 1.29 is 9.53 Å².